The molecule has 4 heterocycles. The average Bonchev–Trinajstić information content (AvgIpc) is 3.48. The van der Waals surface area contributed by atoms with Crippen LogP contribution < -0.4 is 23.4 Å². The average molecular weight is 669 g/mol. The maximum absolute atomic E-state index is 14.5. The number of hydrogen-bond acceptors (Lipinski definition) is 10. The van der Waals surface area contributed by atoms with Crippen molar-refractivity contribution in [3.05, 3.63) is 95.4 Å². The molecular weight excluding hydrogens is 628 g/mol. The summed E-state index contributed by atoms with van der Waals surface area (Å²) < 4.78 is 47.6. The molecule has 2 aliphatic rings. The van der Waals surface area contributed by atoms with Gasteiger partial charge in [-0.3, -0.25) is 14.2 Å². The van der Waals surface area contributed by atoms with E-state index in [9.17, 15) is 13.7 Å². The number of nitriles is 1. The van der Waals surface area contributed by atoms with Crippen LogP contribution in [0.3, 0.4) is 0 Å². The number of aromatic nitrogens is 2. The van der Waals surface area contributed by atoms with Crippen molar-refractivity contribution in [3.8, 4) is 23.3 Å². The van der Waals surface area contributed by atoms with Crippen LogP contribution in [0.1, 0.15) is 49.1 Å². The molecule has 1 unspecified atom stereocenters. The van der Waals surface area contributed by atoms with E-state index in [1.54, 1.807) is 25.3 Å². The molecule has 4 aromatic rings. The van der Waals surface area contributed by atoms with E-state index in [1.165, 1.54) is 23.7 Å². The van der Waals surface area contributed by atoms with Crippen LogP contribution in [0.5, 0.6) is 17.2 Å². The third-order valence-electron chi connectivity index (χ3n) is 9.18. The molecule has 2 aromatic carbocycles. The molecule has 0 amide bonds. The number of piperazine rings is 1. The summed E-state index contributed by atoms with van der Waals surface area (Å²) in [6, 6.07) is 20.3. The fourth-order valence-electron chi connectivity index (χ4n) is 6.71. The Morgan fingerprint density at radius 1 is 0.917 bits per heavy atom. The Hall–Kier alpha value is -4.86. The summed E-state index contributed by atoms with van der Waals surface area (Å²) in [7, 11) is -1.04. The Morgan fingerprint density at radius 3 is 2.31 bits per heavy atom. The molecule has 2 aromatic heterocycles. The van der Waals surface area contributed by atoms with E-state index in [4.69, 9.17) is 14.2 Å². The summed E-state index contributed by atoms with van der Waals surface area (Å²) in [4.78, 5) is 13.5. The number of nitrogens with zero attached hydrogens (tertiary/aromatic N) is 6. The van der Waals surface area contributed by atoms with Gasteiger partial charge < -0.3 is 19.1 Å². The van der Waals surface area contributed by atoms with Gasteiger partial charge in [0.25, 0.3) is 10.0 Å². The van der Waals surface area contributed by atoms with Gasteiger partial charge in [0.15, 0.2) is 5.03 Å². The summed E-state index contributed by atoms with van der Waals surface area (Å²) in [5.74, 6) is 1.98. The van der Waals surface area contributed by atoms with E-state index in [0.717, 1.165) is 16.9 Å². The lowest BCUT2D eigenvalue weighted by molar-refractivity contribution is 0.124. The zero-order valence-electron chi connectivity index (χ0n) is 27.9. The summed E-state index contributed by atoms with van der Waals surface area (Å²) >= 11 is 0. The molecule has 1 fully saturated rings. The SMILES string of the molecule is CCOc1ccc(OC)cc1C1(N2CCN(c3ccnc(C(C)C)c3)CC2)CN(S(=O)(=O)c2ccc(OC)cn2)c2ccc(C#N)cc21. The van der Waals surface area contributed by atoms with Crippen LogP contribution in [0.4, 0.5) is 11.4 Å². The monoisotopic (exact) mass is 668 g/mol. The minimum atomic E-state index is -4.15. The topological polar surface area (TPSA) is 121 Å². The normalized spacial score (nSPS) is 18.0. The lowest BCUT2D eigenvalue weighted by Gasteiger charge is -2.47. The van der Waals surface area contributed by atoms with Crippen molar-refractivity contribution in [3.63, 3.8) is 0 Å². The molecule has 0 radical (unpaired) electrons. The van der Waals surface area contributed by atoms with E-state index in [-0.39, 0.29) is 11.6 Å². The Bertz CT molecular complexity index is 1940. The number of hydrogen-bond donors (Lipinski definition) is 0. The third kappa shape index (κ3) is 5.77. The number of benzene rings is 2. The van der Waals surface area contributed by atoms with Crippen LogP contribution in [0.25, 0.3) is 0 Å². The molecule has 0 aliphatic carbocycles. The fraction of sp³-hybridized carbons (Fsp3) is 0.361. The van der Waals surface area contributed by atoms with Crippen LogP contribution >= 0.6 is 0 Å². The first-order valence-electron chi connectivity index (χ1n) is 16.0. The van der Waals surface area contributed by atoms with Gasteiger partial charge in [-0.15, -0.1) is 0 Å². The molecule has 0 spiro atoms. The number of ether oxygens (including phenoxy) is 3. The second-order valence-electron chi connectivity index (χ2n) is 12.1. The predicted molar refractivity (Wildman–Crippen MR) is 184 cm³/mol. The predicted octanol–water partition coefficient (Wildman–Crippen LogP) is 5.16. The molecule has 0 saturated carbocycles. The zero-order chi connectivity index (χ0) is 34.1. The smallest absolute Gasteiger partial charge is 0.281 e. The first kappa shape index (κ1) is 33.1. The third-order valence-corrected chi connectivity index (χ3v) is 10.9. The molecular formula is C36H40N6O5S. The van der Waals surface area contributed by atoms with Crippen LogP contribution in [0, 0.1) is 11.3 Å². The van der Waals surface area contributed by atoms with Crippen LogP contribution in [-0.2, 0) is 15.6 Å². The maximum atomic E-state index is 14.5. The minimum Gasteiger partial charge on any atom is -0.497 e. The number of anilines is 2. The minimum absolute atomic E-state index is 0.0350. The lowest BCUT2D eigenvalue weighted by atomic mass is 9.81. The van der Waals surface area contributed by atoms with Crippen molar-refractivity contribution in [1.82, 2.24) is 14.9 Å². The van der Waals surface area contributed by atoms with Crippen molar-refractivity contribution in [1.29, 1.82) is 5.26 Å². The van der Waals surface area contributed by atoms with E-state index < -0.39 is 15.6 Å². The lowest BCUT2D eigenvalue weighted by Crippen LogP contribution is -2.58. The molecule has 250 valence electrons. The fourth-order valence-corrected chi connectivity index (χ4v) is 8.13. The largest absolute Gasteiger partial charge is 0.497 e. The summed E-state index contributed by atoms with van der Waals surface area (Å²) in [6.07, 6.45) is 3.25. The summed E-state index contributed by atoms with van der Waals surface area (Å²) in [6.45, 7) is 9.22. The highest BCUT2D eigenvalue weighted by atomic mass is 32.2. The Balaban J connectivity index is 1.52. The van der Waals surface area contributed by atoms with E-state index in [0.29, 0.717) is 72.8 Å². The molecule has 12 heteroatoms. The van der Waals surface area contributed by atoms with Crippen molar-refractivity contribution >= 4 is 21.4 Å². The Morgan fingerprint density at radius 2 is 1.67 bits per heavy atom. The Kier molecular flexibility index (Phi) is 9.18. The molecule has 6 rings (SSSR count). The van der Waals surface area contributed by atoms with Gasteiger partial charge in [0.1, 0.15) is 17.2 Å². The molecule has 1 saturated heterocycles. The number of rotatable bonds is 10. The zero-order valence-corrected chi connectivity index (χ0v) is 28.7. The van der Waals surface area contributed by atoms with Crippen molar-refractivity contribution in [2.24, 2.45) is 0 Å². The van der Waals surface area contributed by atoms with Gasteiger partial charge in [0.05, 0.1) is 56.4 Å². The number of pyridine rings is 2. The molecule has 48 heavy (non-hydrogen) atoms. The first-order valence-corrected chi connectivity index (χ1v) is 17.4. The van der Waals surface area contributed by atoms with Gasteiger partial charge >= 0.3 is 0 Å². The second-order valence-corrected chi connectivity index (χ2v) is 13.9. The molecule has 0 bridgehead atoms. The number of fused-ring (bicyclic) bond motifs is 1. The standard InChI is InChI=1S/C36H40N6O5S/c1-6-47-34-11-8-28(45-4)21-31(34)36(41-17-15-40(16-18-41)27-13-14-38-32(20-27)25(2)3)24-42(33-10-7-26(22-37)19-30(33)36)48(43,44)35-12-9-29(46-5)23-39-35/h7-14,19-21,23,25H,6,15-18,24H2,1-5H3. The summed E-state index contributed by atoms with van der Waals surface area (Å²) in [5, 5.41) is 9.94. The van der Waals surface area contributed by atoms with Crippen LogP contribution in [-0.4, -0.2) is 76.8 Å². The van der Waals surface area contributed by atoms with Crippen molar-refractivity contribution in [2.75, 3.05) is 62.8 Å². The highest BCUT2D eigenvalue weighted by molar-refractivity contribution is 7.92. The summed E-state index contributed by atoms with van der Waals surface area (Å²) in [5.41, 5.74) is 3.48. The second kappa shape index (κ2) is 13.3. The quantitative estimate of drug-likeness (QED) is 0.224. The highest BCUT2D eigenvalue weighted by Gasteiger charge is 2.54. The van der Waals surface area contributed by atoms with Gasteiger partial charge in [-0.05, 0) is 73.5 Å². The van der Waals surface area contributed by atoms with Crippen molar-refractivity contribution < 1.29 is 22.6 Å². The van der Waals surface area contributed by atoms with Crippen LogP contribution in [0.2, 0.25) is 0 Å². The molecule has 11 nitrogen and oxygen atoms in total. The first-order chi connectivity index (χ1) is 23.2. The van der Waals surface area contributed by atoms with Gasteiger partial charge in [-0.1, -0.05) is 13.8 Å². The van der Waals surface area contributed by atoms with Gasteiger partial charge in [-0.2, -0.15) is 13.7 Å². The Labute approximate surface area is 282 Å². The highest BCUT2D eigenvalue weighted by Crippen LogP contribution is 2.52. The number of sulfonamides is 1. The van der Waals surface area contributed by atoms with E-state index >= 15 is 0 Å². The maximum Gasteiger partial charge on any atom is 0.281 e. The van der Waals surface area contributed by atoms with E-state index in [2.05, 4.69) is 45.8 Å². The van der Waals surface area contributed by atoms with Gasteiger partial charge in [0, 0.05) is 54.9 Å². The molecule has 0 N–H and O–H groups in total. The van der Waals surface area contributed by atoms with Crippen molar-refractivity contribution in [2.45, 2.75) is 37.3 Å². The molecule has 1 atom stereocenters. The van der Waals surface area contributed by atoms with E-state index in [1.807, 2.05) is 43.5 Å². The van der Waals surface area contributed by atoms with Crippen LogP contribution in [0.15, 0.2) is 78.1 Å². The van der Waals surface area contributed by atoms with Gasteiger partial charge in [0.2, 0.25) is 0 Å². The number of methoxy groups -OCH3 is 2. The molecule has 2 aliphatic heterocycles. The van der Waals surface area contributed by atoms with Gasteiger partial charge in [-0.25, -0.2) is 4.98 Å².